The molecule has 0 radical (unpaired) electrons. The lowest BCUT2D eigenvalue weighted by atomic mass is 9.94. The summed E-state index contributed by atoms with van der Waals surface area (Å²) < 4.78 is 10.6. The van der Waals surface area contributed by atoms with Gasteiger partial charge < -0.3 is 19.7 Å². The van der Waals surface area contributed by atoms with Crippen LogP contribution in [-0.4, -0.2) is 36.1 Å². The van der Waals surface area contributed by atoms with E-state index in [0.717, 1.165) is 5.56 Å². The Morgan fingerprint density at radius 2 is 1.64 bits per heavy atom. The number of para-hydroxylation sites is 1. The molecule has 1 aliphatic heterocycles. The Hall–Kier alpha value is -4.26. The molecule has 0 aliphatic carbocycles. The predicted molar refractivity (Wildman–Crippen MR) is 124 cm³/mol. The van der Waals surface area contributed by atoms with Crippen LogP contribution >= 0.6 is 0 Å². The minimum Gasteiger partial charge on any atom is -0.508 e. The smallest absolute Gasteiger partial charge is 0.300 e. The molecular weight excluding hydrogens is 422 g/mol. The SMILES string of the molecule is COc1ccc(/C(O)=C2/C(=O)C(=O)N(c3ccccc3C)C2c2ccc(O)cc2)c(OC)c1. The van der Waals surface area contributed by atoms with Gasteiger partial charge in [0, 0.05) is 11.8 Å². The molecule has 1 aliphatic rings. The van der Waals surface area contributed by atoms with Gasteiger partial charge in [0.25, 0.3) is 11.7 Å². The van der Waals surface area contributed by atoms with Crippen LogP contribution in [-0.2, 0) is 9.59 Å². The first-order valence-corrected chi connectivity index (χ1v) is 10.2. The molecule has 0 saturated carbocycles. The Labute approximate surface area is 191 Å². The van der Waals surface area contributed by atoms with Crippen LogP contribution in [0.25, 0.3) is 5.76 Å². The number of aliphatic hydroxyl groups is 1. The average molecular weight is 445 g/mol. The van der Waals surface area contributed by atoms with E-state index in [1.807, 2.05) is 19.1 Å². The standard InChI is InChI=1S/C26H23NO6/c1-15-6-4-5-7-20(15)27-23(16-8-10-17(28)11-9-16)22(25(30)26(27)31)24(29)19-13-12-18(32-2)14-21(19)33-3/h4-14,23,28-29H,1-3H3/b24-22-. The fourth-order valence-corrected chi connectivity index (χ4v) is 4.03. The van der Waals surface area contributed by atoms with E-state index < -0.39 is 17.7 Å². The number of aryl methyl sites for hydroxylation is 1. The van der Waals surface area contributed by atoms with Gasteiger partial charge >= 0.3 is 0 Å². The monoisotopic (exact) mass is 445 g/mol. The lowest BCUT2D eigenvalue weighted by Crippen LogP contribution is -2.30. The van der Waals surface area contributed by atoms with Gasteiger partial charge in [-0.15, -0.1) is 0 Å². The van der Waals surface area contributed by atoms with Crippen molar-refractivity contribution in [1.82, 2.24) is 0 Å². The first-order valence-electron chi connectivity index (χ1n) is 10.2. The van der Waals surface area contributed by atoms with Gasteiger partial charge in [-0.05, 0) is 48.4 Å². The maximum absolute atomic E-state index is 13.3. The highest BCUT2D eigenvalue weighted by Crippen LogP contribution is 2.44. The topological polar surface area (TPSA) is 96.3 Å². The number of anilines is 1. The Balaban J connectivity index is 1.98. The summed E-state index contributed by atoms with van der Waals surface area (Å²) in [6, 6.07) is 17.3. The molecule has 0 bridgehead atoms. The average Bonchev–Trinajstić information content (AvgIpc) is 3.09. The molecule has 1 atom stereocenters. The first kappa shape index (κ1) is 22.0. The summed E-state index contributed by atoms with van der Waals surface area (Å²) in [6.45, 7) is 1.84. The number of benzene rings is 3. The second kappa shape index (κ2) is 8.70. The molecule has 3 aromatic carbocycles. The number of carbonyl (C=O) groups excluding carboxylic acids is 2. The van der Waals surface area contributed by atoms with E-state index in [4.69, 9.17) is 9.47 Å². The van der Waals surface area contributed by atoms with Crippen molar-refractivity contribution >= 4 is 23.1 Å². The number of rotatable bonds is 5. The van der Waals surface area contributed by atoms with Crippen LogP contribution in [0.1, 0.15) is 22.7 Å². The minimum atomic E-state index is -0.904. The number of aliphatic hydroxyl groups excluding tert-OH is 1. The van der Waals surface area contributed by atoms with Crippen molar-refractivity contribution in [3.63, 3.8) is 0 Å². The molecule has 33 heavy (non-hydrogen) atoms. The molecule has 1 fully saturated rings. The molecule has 1 unspecified atom stereocenters. The van der Waals surface area contributed by atoms with E-state index in [2.05, 4.69) is 0 Å². The Morgan fingerprint density at radius 3 is 2.27 bits per heavy atom. The molecule has 1 saturated heterocycles. The second-order valence-electron chi connectivity index (χ2n) is 7.61. The summed E-state index contributed by atoms with van der Waals surface area (Å²) in [4.78, 5) is 27.9. The fourth-order valence-electron chi connectivity index (χ4n) is 4.03. The van der Waals surface area contributed by atoms with E-state index in [0.29, 0.717) is 22.7 Å². The number of hydrogen-bond acceptors (Lipinski definition) is 6. The van der Waals surface area contributed by atoms with Crippen molar-refractivity contribution in [3.8, 4) is 17.2 Å². The number of phenolic OH excluding ortho intramolecular Hbond substituents is 1. The third-order valence-electron chi connectivity index (χ3n) is 5.69. The van der Waals surface area contributed by atoms with Crippen molar-refractivity contribution in [2.24, 2.45) is 0 Å². The third kappa shape index (κ3) is 3.78. The molecule has 0 spiro atoms. The minimum absolute atomic E-state index is 0.0448. The highest BCUT2D eigenvalue weighted by molar-refractivity contribution is 6.51. The molecule has 0 aromatic heterocycles. The number of carbonyl (C=O) groups is 2. The largest absolute Gasteiger partial charge is 0.508 e. The Bertz CT molecular complexity index is 1260. The molecule has 3 aromatic rings. The van der Waals surface area contributed by atoms with Crippen molar-refractivity contribution in [2.45, 2.75) is 13.0 Å². The molecule has 168 valence electrons. The van der Waals surface area contributed by atoms with Gasteiger partial charge in [-0.25, -0.2) is 0 Å². The summed E-state index contributed by atoms with van der Waals surface area (Å²) in [7, 11) is 2.95. The van der Waals surface area contributed by atoms with Crippen molar-refractivity contribution in [1.29, 1.82) is 0 Å². The van der Waals surface area contributed by atoms with Crippen LogP contribution in [0.4, 0.5) is 5.69 Å². The quantitative estimate of drug-likeness (QED) is 0.345. The maximum Gasteiger partial charge on any atom is 0.300 e. The zero-order valence-corrected chi connectivity index (χ0v) is 18.4. The highest BCUT2D eigenvalue weighted by Gasteiger charge is 2.47. The number of amides is 1. The van der Waals surface area contributed by atoms with Crippen LogP contribution in [0.15, 0.2) is 72.3 Å². The lowest BCUT2D eigenvalue weighted by molar-refractivity contribution is -0.132. The number of ether oxygens (including phenoxy) is 2. The van der Waals surface area contributed by atoms with Gasteiger partial charge in [-0.1, -0.05) is 30.3 Å². The molecule has 1 amide bonds. The zero-order valence-electron chi connectivity index (χ0n) is 18.4. The number of ketones is 1. The van der Waals surface area contributed by atoms with Crippen LogP contribution < -0.4 is 14.4 Å². The van der Waals surface area contributed by atoms with E-state index >= 15 is 0 Å². The number of methoxy groups -OCH3 is 2. The summed E-state index contributed by atoms with van der Waals surface area (Å²) >= 11 is 0. The zero-order chi connectivity index (χ0) is 23.7. The Kier molecular flexibility index (Phi) is 5.79. The van der Waals surface area contributed by atoms with E-state index in [9.17, 15) is 19.8 Å². The number of aromatic hydroxyl groups is 1. The van der Waals surface area contributed by atoms with Gasteiger partial charge in [-0.2, -0.15) is 0 Å². The molecule has 2 N–H and O–H groups in total. The number of nitrogens with zero attached hydrogens (tertiary/aromatic N) is 1. The van der Waals surface area contributed by atoms with Gasteiger partial charge in [0.05, 0.1) is 31.4 Å². The van der Waals surface area contributed by atoms with E-state index in [1.54, 1.807) is 42.5 Å². The summed E-state index contributed by atoms with van der Waals surface area (Å²) in [5.74, 6) is -1.08. The predicted octanol–water partition coefficient (Wildman–Crippen LogP) is 4.34. The normalized spacial score (nSPS) is 17.3. The van der Waals surface area contributed by atoms with Crippen LogP contribution in [0, 0.1) is 6.92 Å². The fraction of sp³-hybridized carbons (Fsp3) is 0.154. The van der Waals surface area contributed by atoms with Gasteiger partial charge in [0.15, 0.2) is 0 Å². The van der Waals surface area contributed by atoms with Crippen LogP contribution in [0.5, 0.6) is 17.2 Å². The molecular formula is C26H23NO6. The maximum atomic E-state index is 13.3. The Morgan fingerprint density at radius 1 is 0.939 bits per heavy atom. The number of phenols is 1. The molecule has 4 rings (SSSR count). The highest BCUT2D eigenvalue weighted by atomic mass is 16.5. The molecule has 1 heterocycles. The van der Waals surface area contributed by atoms with E-state index in [1.165, 1.54) is 31.3 Å². The van der Waals surface area contributed by atoms with E-state index in [-0.39, 0.29) is 22.6 Å². The molecule has 7 heteroatoms. The number of Topliss-reactive ketones (excluding diaryl/α,β-unsaturated/α-hetero) is 1. The van der Waals surface area contributed by atoms with Crippen LogP contribution in [0.3, 0.4) is 0 Å². The lowest BCUT2D eigenvalue weighted by Gasteiger charge is -2.27. The van der Waals surface area contributed by atoms with Gasteiger partial charge in [0.1, 0.15) is 23.0 Å². The summed E-state index contributed by atoms with van der Waals surface area (Å²) in [5, 5.41) is 21.1. The van der Waals surface area contributed by atoms with Gasteiger partial charge in [0.2, 0.25) is 0 Å². The second-order valence-corrected chi connectivity index (χ2v) is 7.61. The summed E-state index contributed by atoms with van der Waals surface area (Å²) in [6.07, 6.45) is 0. The third-order valence-corrected chi connectivity index (χ3v) is 5.69. The first-order chi connectivity index (χ1) is 15.9. The number of hydrogen-bond donors (Lipinski definition) is 2. The van der Waals surface area contributed by atoms with Crippen molar-refractivity contribution in [2.75, 3.05) is 19.1 Å². The van der Waals surface area contributed by atoms with Crippen molar-refractivity contribution < 1.29 is 29.3 Å². The van der Waals surface area contributed by atoms with Crippen LogP contribution in [0.2, 0.25) is 0 Å². The summed E-state index contributed by atoms with van der Waals surface area (Å²) in [5.41, 5.74) is 2.09. The van der Waals surface area contributed by atoms with Crippen molar-refractivity contribution in [3.05, 3.63) is 89.0 Å². The molecule has 7 nitrogen and oxygen atoms in total. The van der Waals surface area contributed by atoms with Gasteiger partial charge in [-0.3, -0.25) is 14.5 Å².